The second-order valence-electron chi connectivity index (χ2n) is 2.91. The summed E-state index contributed by atoms with van der Waals surface area (Å²) in [6.45, 7) is 5.92. The molecule has 1 heterocycles. The number of hydrogen-bond donors (Lipinski definition) is 0. The molecule has 0 saturated heterocycles. The Labute approximate surface area is 90.2 Å². The van der Waals surface area contributed by atoms with Crippen LogP contribution in [-0.2, 0) is 0 Å². The second-order valence-corrected chi connectivity index (χ2v) is 2.91. The monoisotopic (exact) mass is 198 g/mol. The van der Waals surface area contributed by atoms with E-state index in [1.165, 1.54) is 0 Å². The average Bonchev–Trinajstić information content (AvgIpc) is 2.31. The molecule has 0 atom stereocenters. The van der Waals surface area contributed by atoms with Crippen molar-refractivity contribution in [1.29, 1.82) is 5.26 Å². The summed E-state index contributed by atoms with van der Waals surface area (Å²) < 4.78 is 0. The van der Waals surface area contributed by atoms with Crippen LogP contribution in [0.2, 0.25) is 0 Å². The third-order valence-electron chi connectivity index (χ3n) is 2.10. The third-order valence-corrected chi connectivity index (χ3v) is 2.10. The Morgan fingerprint density at radius 1 is 1.20 bits per heavy atom. The van der Waals surface area contributed by atoms with Crippen LogP contribution in [0, 0.1) is 18.3 Å². The van der Waals surface area contributed by atoms with Crippen LogP contribution in [-0.4, -0.2) is 4.98 Å². The maximum absolute atomic E-state index is 8.88. The number of pyridine rings is 1. The highest BCUT2D eigenvalue weighted by Gasteiger charge is 2.02. The smallest absolute Gasteiger partial charge is 0.0998 e. The number of nitriles is 1. The van der Waals surface area contributed by atoms with Crippen LogP contribution in [0.25, 0.3) is 10.8 Å². The fourth-order valence-electron chi connectivity index (χ4n) is 1.50. The Morgan fingerprint density at radius 3 is 2.60 bits per heavy atom. The summed E-state index contributed by atoms with van der Waals surface area (Å²) in [4.78, 5) is 4.16. The number of fused-ring (bicyclic) bond motifs is 1. The molecule has 0 amide bonds. The van der Waals surface area contributed by atoms with Crippen LogP contribution in [0.3, 0.4) is 0 Å². The zero-order valence-electron chi connectivity index (χ0n) is 9.28. The van der Waals surface area contributed by atoms with E-state index in [0.717, 1.165) is 16.5 Å². The molecule has 0 radical (unpaired) electrons. The Hall–Kier alpha value is -1.88. The molecule has 2 aromatic rings. The molecule has 0 aliphatic rings. The van der Waals surface area contributed by atoms with Crippen molar-refractivity contribution in [2.45, 2.75) is 20.8 Å². The van der Waals surface area contributed by atoms with E-state index in [1.54, 1.807) is 6.20 Å². The molecule has 0 bridgehead atoms. The molecule has 1 aromatic heterocycles. The predicted molar refractivity (Wildman–Crippen MR) is 62.5 cm³/mol. The largest absolute Gasteiger partial charge is 0.261 e. The molecule has 0 N–H and O–H groups in total. The van der Waals surface area contributed by atoms with Gasteiger partial charge in [0.15, 0.2) is 0 Å². The van der Waals surface area contributed by atoms with Crippen LogP contribution < -0.4 is 0 Å². The van der Waals surface area contributed by atoms with Crippen LogP contribution in [0.15, 0.2) is 30.5 Å². The average molecular weight is 198 g/mol. The topological polar surface area (TPSA) is 36.7 Å². The highest BCUT2D eigenvalue weighted by molar-refractivity contribution is 5.89. The third kappa shape index (κ3) is 2.13. The van der Waals surface area contributed by atoms with Crippen molar-refractivity contribution in [1.82, 2.24) is 4.98 Å². The van der Waals surface area contributed by atoms with Crippen LogP contribution in [0.5, 0.6) is 0 Å². The molecule has 2 rings (SSSR count). The maximum Gasteiger partial charge on any atom is 0.0998 e. The van der Waals surface area contributed by atoms with Gasteiger partial charge in [0.1, 0.15) is 0 Å². The molecule has 1 aromatic carbocycles. The summed E-state index contributed by atoms with van der Waals surface area (Å²) in [5, 5.41) is 10.9. The fraction of sp³-hybridized carbons (Fsp3) is 0.231. The van der Waals surface area contributed by atoms with Gasteiger partial charge in [-0.3, -0.25) is 4.98 Å². The predicted octanol–water partition coefficient (Wildman–Crippen LogP) is 3.44. The molecular formula is C13H14N2. The molecule has 0 fully saturated rings. The van der Waals surface area contributed by atoms with Crippen molar-refractivity contribution in [2.24, 2.45) is 0 Å². The molecule has 0 aliphatic carbocycles. The number of benzene rings is 1. The number of aryl methyl sites for hydroxylation is 1. The van der Waals surface area contributed by atoms with Crippen LogP contribution >= 0.6 is 0 Å². The van der Waals surface area contributed by atoms with Gasteiger partial charge >= 0.3 is 0 Å². The summed E-state index contributed by atoms with van der Waals surface area (Å²) in [6.07, 6.45) is 1.76. The van der Waals surface area contributed by atoms with Gasteiger partial charge in [0.2, 0.25) is 0 Å². The molecule has 2 nitrogen and oxygen atoms in total. The Kier molecular flexibility index (Phi) is 3.82. The van der Waals surface area contributed by atoms with Crippen molar-refractivity contribution in [3.8, 4) is 6.07 Å². The Morgan fingerprint density at radius 2 is 1.93 bits per heavy atom. The summed E-state index contributed by atoms with van der Waals surface area (Å²) in [5.41, 5.74) is 1.61. The van der Waals surface area contributed by atoms with E-state index in [9.17, 15) is 0 Å². The highest BCUT2D eigenvalue weighted by atomic mass is 14.7. The van der Waals surface area contributed by atoms with E-state index < -0.39 is 0 Å². The minimum atomic E-state index is 0.697. The van der Waals surface area contributed by atoms with Crippen LogP contribution in [0.4, 0.5) is 0 Å². The Balaban J connectivity index is 0.000000531. The van der Waals surface area contributed by atoms with Gasteiger partial charge in [0.05, 0.1) is 11.6 Å². The zero-order valence-corrected chi connectivity index (χ0v) is 9.28. The number of nitrogens with zero attached hydrogens (tertiary/aromatic N) is 2. The maximum atomic E-state index is 8.88. The first-order valence-corrected chi connectivity index (χ1v) is 5.07. The summed E-state index contributed by atoms with van der Waals surface area (Å²) in [5.74, 6) is 0. The highest BCUT2D eigenvalue weighted by Crippen LogP contribution is 2.19. The van der Waals surface area contributed by atoms with E-state index in [4.69, 9.17) is 5.26 Å². The first-order valence-electron chi connectivity index (χ1n) is 5.07. The lowest BCUT2D eigenvalue weighted by Gasteiger charge is -2.01. The lowest BCUT2D eigenvalue weighted by atomic mass is 10.1. The molecule has 15 heavy (non-hydrogen) atoms. The van der Waals surface area contributed by atoms with Gasteiger partial charge in [0.25, 0.3) is 0 Å². The minimum absolute atomic E-state index is 0.697. The molecular weight excluding hydrogens is 184 g/mol. The van der Waals surface area contributed by atoms with Gasteiger partial charge in [-0.05, 0) is 24.4 Å². The SMILES string of the molecule is CC.Cc1nccc2cccc(C#N)c12. The molecule has 0 spiro atoms. The molecule has 2 heteroatoms. The summed E-state index contributed by atoms with van der Waals surface area (Å²) in [6, 6.07) is 9.79. The lowest BCUT2D eigenvalue weighted by Crippen LogP contribution is -1.86. The van der Waals surface area contributed by atoms with Gasteiger partial charge < -0.3 is 0 Å². The van der Waals surface area contributed by atoms with E-state index in [1.807, 2.05) is 45.0 Å². The zero-order chi connectivity index (χ0) is 11.3. The molecule has 0 unspecified atom stereocenters. The number of aromatic nitrogens is 1. The summed E-state index contributed by atoms with van der Waals surface area (Å²) >= 11 is 0. The van der Waals surface area contributed by atoms with Gasteiger partial charge in [-0.15, -0.1) is 0 Å². The van der Waals surface area contributed by atoms with Gasteiger partial charge in [-0.1, -0.05) is 26.0 Å². The first-order chi connectivity index (χ1) is 7.33. The van der Waals surface area contributed by atoms with Gasteiger partial charge in [0, 0.05) is 17.3 Å². The van der Waals surface area contributed by atoms with E-state index >= 15 is 0 Å². The first kappa shape index (κ1) is 11.2. The van der Waals surface area contributed by atoms with Crippen molar-refractivity contribution >= 4 is 10.8 Å². The van der Waals surface area contributed by atoms with E-state index in [2.05, 4.69) is 11.1 Å². The van der Waals surface area contributed by atoms with Gasteiger partial charge in [-0.25, -0.2) is 0 Å². The standard InChI is InChI=1S/C11H8N2.C2H6/c1-8-11-9(5-6-13-8)3-2-4-10(11)7-12;1-2/h2-6H,1H3;1-2H3. The fourth-order valence-corrected chi connectivity index (χ4v) is 1.50. The number of hydrogen-bond acceptors (Lipinski definition) is 2. The number of rotatable bonds is 0. The van der Waals surface area contributed by atoms with Crippen molar-refractivity contribution < 1.29 is 0 Å². The van der Waals surface area contributed by atoms with Crippen LogP contribution in [0.1, 0.15) is 25.1 Å². The van der Waals surface area contributed by atoms with Crippen molar-refractivity contribution in [2.75, 3.05) is 0 Å². The summed E-state index contributed by atoms with van der Waals surface area (Å²) in [7, 11) is 0. The second kappa shape index (κ2) is 5.11. The van der Waals surface area contributed by atoms with E-state index in [-0.39, 0.29) is 0 Å². The van der Waals surface area contributed by atoms with Gasteiger partial charge in [-0.2, -0.15) is 5.26 Å². The lowest BCUT2D eigenvalue weighted by molar-refractivity contribution is 1.23. The Bertz CT molecular complexity index is 490. The van der Waals surface area contributed by atoms with Crippen molar-refractivity contribution in [3.63, 3.8) is 0 Å². The minimum Gasteiger partial charge on any atom is -0.261 e. The van der Waals surface area contributed by atoms with Crippen molar-refractivity contribution in [3.05, 3.63) is 41.7 Å². The normalized spacial score (nSPS) is 8.93. The quantitative estimate of drug-likeness (QED) is 0.650. The van der Waals surface area contributed by atoms with E-state index in [0.29, 0.717) is 5.56 Å². The molecule has 0 saturated carbocycles. The molecule has 0 aliphatic heterocycles. The molecule has 76 valence electrons.